The Bertz CT molecular complexity index is 264. The molecule has 0 radical (unpaired) electrons. The maximum absolute atomic E-state index is 10.2. The van der Waals surface area contributed by atoms with Crippen LogP contribution >= 0.6 is 24.8 Å². The lowest BCUT2D eigenvalue weighted by Gasteiger charge is -2.00. The van der Waals surface area contributed by atoms with E-state index < -0.39 is 5.97 Å². The van der Waals surface area contributed by atoms with E-state index in [1.807, 2.05) is 0 Å². The van der Waals surface area contributed by atoms with Gasteiger partial charge in [0.1, 0.15) is 12.4 Å². The van der Waals surface area contributed by atoms with Gasteiger partial charge in [-0.25, -0.2) is 4.98 Å². The normalized spacial score (nSPS) is 8.38. The van der Waals surface area contributed by atoms with Gasteiger partial charge in [0, 0.05) is 12.4 Å². The monoisotopic (exact) mass is 227 g/mol. The second-order valence-corrected chi connectivity index (χ2v) is 2.07. The summed E-state index contributed by atoms with van der Waals surface area (Å²) in [7, 11) is 0. The third-order valence-electron chi connectivity index (χ3n) is 1.29. The van der Waals surface area contributed by atoms with Gasteiger partial charge in [-0.3, -0.25) is 4.79 Å². The molecule has 0 spiro atoms. The van der Waals surface area contributed by atoms with Gasteiger partial charge in [0.05, 0.1) is 6.54 Å². The topological polar surface area (TPSA) is 81.1 Å². The van der Waals surface area contributed by atoms with Crippen molar-refractivity contribution in [2.75, 3.05) is 0 Å². The van der Waals surface area contributed by atoms with Crippen molar-refractivity contribution in [3.63, 3.8) is 0 Å². The van der Waals surface area contributed by atoms with Gasteiger partial charge in [-0.05, 0) is 0 Å². The number of nitrogens with two attached hydrogens (primary N) is 1. The van der Waals surface area contributed by atoms with E-state index in [1.54, 1.807) is 6.20 Å². The lowest BCUT2D eigenvalue weighted by atomic mass is 10.5. The molecule has 0 saturated heterocycles. The lowest BCUT2D eigenvalue weighted by molar-refractivity contribution is -0.137. The van der Waals surface area contributed by atoms with Crippen molar-refractivity contribution in [1.82, 2.24) is 9.55 Å². The molecule has 3 N–H and O–H groups in total. The average Bonchev–Trinajstić information content (AvgIpc) is 2.34. The molecule has 76 valence electrons. The fourth-order valence-corrected chi connectivity index (χ4v) is 0.820. The van der Waals surface area contributed by atoms with E-state index >= 15 is 0 Å². The summed E-state index contributed by atoms with van der Waals surface area (Å²) in [6, 6.07) is 0. The minimum Gasteiger partial charge on any atom is -0.480 e. The number of aliphatic carboxylic acids is 1. The van der Waals surface area contributed by atoms with E-state index in [0.29, 0.717) is 5.82 Å². The molecule has 1 rings (SSSR count). The SMILES string of the molecule is Cl.Cl.NCc1nccn1CC(=O)O. The highest BCUT2D eigenvalue weighted by Gasteiger charge is 2.03. The van der Waals surface area contributed by atoms with E-state index in [4.69, 9.17) is 10.8 Å². The molecule has 0 aromatic carbocycles. The van der Waals surface area contributed by atoms with Crippen LogP contribution in [0.3, 0.4) is 0 Å². The molecule has 0 atom stereocenters. The third-order valence-corrected chi connectivity index (χ3v) is 1.29. The Morgan fingerprint density at radius 1 is 1.62 bits per heavy atom. The first-order valence-corrected chi connectivity index (χ1v) is 3.16. The van der Waals surface area contributed by atoms with Crippen molar-refractivity contribution in [3.8, 4) is 0 Å². The molecular weight excluding hydrogens is 217 g/mol. The summed E-state index contributed by atoms with van der Waals surface area (Å²) in [6.07, 6.45) is 3.13. The molecule has 0 aliphatic rings. The van der Waals surface area contributed by atoms with Crippen molar-refractivity contribution >= 4 is 30.8 Å². The molecule has 1 heterocycles. The Kier molecular flexibility index (Phi) is 7.60. The van der Waals surface area contributed by atoms with Crippen molar-refractivity contribution in [1.29, 1.82) is 0 Å². The minimum atomic E-state index is -0.891. The van der Waals surface area contributed by atoms with Gasteiger partial charge >= 0.3 is 5.97 Å². The predicted octanol–water partition coefficient (Wildman–Crippen LogP) is 0.270. The van der Waals surface area contributed by atoms with Gasteiger partial charge in [-0.2, -0.15) is 0 Å². The smallest absolute Gasteiger partial charge is 0.323 e. The summed E-state index contributed by atoms with van der Waals surface area (Å²) in [4.78, 5) is 14.1. The highest BCUT2D eigenvalue weighted by molar-refractivity contribution is 5.85. The van der Waals surface area contributed by atoms with Gasteiger partial charge < -0.3 is 15.4 Å². The Hall–Kier alpha value is -0.780. The Morgan fingerprint density at radius 3 is 2.69 bits per heavy atom. The van der Waals surface area contributed by atoms with E-state index in [9.17, 15) is 4.79 Å². The maximum atomic E-state index is 10.2. The maximum Gasteiger partial charge on any atom is 0.323 e. The summed E-state index contributed by atoms with van der Waals surface area (Å²) in [5.41, 5.74) is 5.29. The number of carbonyl (C=O) groups is 1. The summed E-state index contributed by atoms with van der Waals surface area (Å²) < 4.78 is 1.50. The molecule has 5 nitrogen and oxygen atoms in total. The number of hydrogen-bond donors (Lipinski definition) is 2. The summed E-state index contributed by atoms with van der Waals surface area (Å²) in [5.74, 6) is -0.301. The van der Waals surface area contributed by atoms with Gasteiger partial charge in [-0.15, -0.1) is 24.8 Å². The zero-order chi connectivity index (χ0) is 8.27. The Balaban J connectivity index is 0. The summed E-state index contributed by atoms with van der Waals surface area (Å²) in [6.45, 7) is 0.187. The fraction of sp³-hybridized carbons (Fsp3) is 0.333. The first-order chi connectivity index (χ1) is 5.24. The first kappa shape index (κ1) is 14.7. The van der Waals surface area contributed by atoms with Crippen molar-refractivity contribution in [2.45, 2.75) is 13.1 Å². The highest BCUT2D eigenvalue weighted by atomic mass is 35.5. The number of aromatic nitrogens is 2. The molecule has 0 amide bonds. The molecule has 0 saturated carbocycles. The molecule has 1 aromatic rings. The van der Waals surface area contributed by atoms with Crippen LogP contribution in [0.2, 0.25) is 0 Å². The van der Waals surface area contributed by atoms with Crippen LogP contribution in [0.1, 0.15) is 5.82 Å². The Labute approximate surface area is 87.8 Å². The van der Waals surface area contributed by atoms with Crippen molar-refractivity contribution in [3.05, 3.63) is 18.2 Å². The molecule has 13 heavy (non-hydrogen) atoms. The van der Waals surface area contributed by atoms with E-state index in [0.717, 1.165) is 0 Å². The highest BCUT2D eigenvalue weighted by Crippen LogP contribution is 1.94. The number of nitrogens with zero attached hydrogens (tertiary/aromatic N) is 2. The molecule has 0 aliphatic heterocycles. The van der Waals surface area contributed by atoms with Crippen LogP contribution in [0, 0.1) is 0 Å². The molecule has 1 aromatic heterocycles. The number of carboxylic acids is 1. The largest absolute Gasteiger partial charge is 0.480 e. The van der Waals surface area contributed by atoms with Crippen LogP contribution in [0.25, 0.3) is 0 Å². The Morgan fingerprint density at radius 2 is 2.23 bits per heavy atom. The molecular formula is C6H11Cl2N3O2. The fourth-order valence-electron chi connectivity index (χ4n) is 0.820. The van der Waals surface area contributed by atoms with Crippen molar-refractivity contribution in [2.24, 2.45) is 5.73 Å². The van der Waals surface area contributed by atoms with Gasteiger partial charge in [-0.1, -0.05) is 0 Å². The quantitative estimate of drug-likeness (QED) is 0.777. The molecule has 0 aliphatic carbocycles. The van der Waals surface area contributed by atoms with Crippen molar-refractivity contribution < 1.29 is 9.90 Å². The number of rotatable bonds is 3. The van der Waals surface area contributed by atoms with E-state index in [1.165, 1.54) is 10.8 Å². The summed E-state index contributed by atoms with van der Waals surface area (Å²) in [5, 5.41) is 8.42. The number of imidazole rings is 1. The van der Waals surface area contributed by atoms with Crippen LogP contribution in [0.4, 0.5) is 0 Å². The first-order valence-electron chi connectivity index (χ1n) is 3.16. The van der Waals surface area contributed by atoms with Crippen LogP contribution < -0.4 is 5.73 Å². The van der Waals surface area contributed by atoms with Gasteiger partial charge in [0.2, 0.25) is 0 Å². The molecule has 0 fully saturated rings. The average molecular weight is 228 g/mol. The molecule has 7 heteroatoms. The standard InChI is InChI=1S/C6H9N3O2.2ClH/c7-3-5-8-1-2-9(5)4-6(10)11;;/h1-2H,3-4,7H2,(H,10,11);2*1H. The van der Waals surface area contributed by atoms with Crippen LogP contribution in [-0.2, 0) is 17.9 Å². The number of halogens is 2. The third kappa shape index (κ3) is 4.12. The van der Waals surface area contributed by atoms with Crippen LogP contribution in [-0.4, -0.2) is 20.6 Å². The summed E-state index contributed by atoms with van der Waals surface area (Å²) >= 11 is 0. The van der Waals surface area contributed by atoms with Crippen LogP contribution in [0.15, 0.2) is 12.4 Å². The van der Waals surface area contributed by atoms with Crippen LogP contribution in [0.5, 0.6) is 0 Å². The number of carboxylic acid groups (broad SMARTS) is 1. The molecule has 0 unspecified atom stereocenters. The number of hydrogen-bond acceptors (Lipinski definition) is 3. The van der Waals surface area contributed by atoms with Gasteiger partial charge in [0.15, 0.2) is 0 Å². The predicted molar refractivity (Wildman–Crippen MR) is 52.3 cm³/mol. The zero-order valence-electron chi connectivity index (χ0n) is 6.71. The molecule has 0 bridgehead atoms. The van der Waals surface area contributed by atoms with E-state index in [2.05, 4.69) is 4.98 Å². The van der Waals surface area contributed by atoms with E-state index in [-0.39, 0.29) is 37.9 Å². The lowest BCUT2D eigenvalue weighted by Crippen LogP contribution is -2.13. The second kappa shape index (κ2) is 6.71. The van der Waals surface area contributed by atoms with Gasteiger partial charge in [0.25, 0.3) is 0 Å². The second-order valence-electron chi connectivity index (χ2n) is 2.07. The zero-order valence-corrected chi connectivity index (χ0v) is 8.35. The minimum absolute atomic E-state index is 0.